The molecule has 27 heavy (non-hydrogen) atoms. The second-order valence-corrected chi connectivity index (χ2v) is 8.18. The molecule has 0 spiro atoms. The van der Waals surface area contributed by atoms with Gasteiger partial charge in [-0.1, -0.05) is 43.0 Å². The summed E-state index contributed by atoms with van der Waals surface area (Å²) >= 11 is 6.27. The molecule has 0 amide bonds. The van der Waals surface area contributed by atoms with Crippen LogP contribution in [0.2, 0.25) is 5.02 Å². The highest BCUT2D eigenvalue weighted by Gasteiger charge is 2.43. The van der Waals surface area contributed by atoms with E-state index in [2.05, 4.69) is 5.01 Å². The number of hydrazone groups is 1. The van der Waals surface area contributed by atoms with E-state index in [0.717, 1.165) is 29.0 Å². The molecule has 5 rings (SSSR count). The molecule has 2 atom stereocenters. The highest BCUT2D eigenvalue weighted by Crippen LogP contribution is 2.47. The molecule has 2 heterocycles. The maximum Gasteiger partial charge on any atom is 0.190 e. The third-order valence-electron chi connectivity index (χ3n) is 6.01. The Hall–Kier alpha value is -2.07. The Morgan fingerprint density at radius 2 is 1.81 bits per heavy atom. The molecule has 2 aromatic carbocycles. The minimum absolute atomic E-state index is 0.0399. The fourth-order valence-electron chi connectivity index (χ4n) is 4.63. The van der Waals surface area contributed by atoms with Crippen LogP contribution < -0.4 is 4.74 Å². The minimum atomic E-state index is -0.226. The molecule has 0 radical (unpaired) electrons. The molecular formula is C22H22ClFN2O. The zero-order valence-corrected chi connectivity index (χ0v) is 15.8. The molecule has 140 valence electrons. The van der Waals surface area contributed by atoms with Crippen molar-refractivity contribution in [3.8, 4) is 5.75 Å². The molecule has 0 saturated heterocycles. The van der Waals surface area contributed by atoms with Gasteiger partial charge in [-0.25, -0.2) is 9.40 Å². The summed E-state index contributed by atoms with van der Waals surface area (Å²) in [6.07, 6.45) is 6.92. The molecular weight excluding hydrogens is 363 g/mol. The lowest BCUT2D eigenvalue weighted by Gasteiger charge is -2.42. The largest absolute Gasteiger partial charge is 0.468 e. The molecule has 1 fully saturated rings. The number of hydrogen-bond donors (Lipinski definition) is 0. The van der Waals surface area contributed by atoms with Crippen LogP contribution in [0.1, 0.15) is 55.7 Å². The van der Waals surface area contributed by atoms with Crippen molar-refractivity contribution < 1.29 is 9.13 Å². The van der Waals surface area contributed by atoms with Crippen LogP contribution in [0.5, 0.6) is 5.75 Å². The zero-order chi connectivity index (χ0) is 18.4. The first-order chi connectivity index (χ1) is 13.2. The lowest BCUT2D eigenvalue weighted by molar-refractivity contribution is -0.0643. The smallest absolute Gasteiger partial charge is 0.190 e. The quantitative estimate of drug-likeness (QED) is 0.641. The van der Waals surface area contributed by atoms with Crippen molar-refractivity contribution in [2.75, 3.05) is 0 Å². The zero-order valence-electron chi connectivity index (χ0n) is 15.1. The molecule has 0 unspecified atom stereocenters. The van der Waals surface area contributed by atoms with E-state index < -0.39 is 0 Å². The topological polar surface area (TPSA) is 24.8 Å². The number of ether oxygens (including phenoxy) is 1. The van der Waals surface area contributed by atoms with Gasteiger partial charge in [0.05, 0.1) is 11.8 Å². The number of rotatable bonds is 2. The highest BCUT2D eigenvalue weighted by atomic mass is 35.5. The predicted octanol–water partition coefficient (Wildman–Crippen LogP) is 5.93. The summed E-state index contributed by atoms with van der Waals surface area (Å²) in [5.41, 5.74) is 3.05. The number of halogens is 2. The average molecular weight is 385 g/mol. The predicted molar refractivity (Wildman–Crippen MR) is 105 cm³/mol. The Morgan fingerprint density at radius 1 is 1.04 bits per heavy atom. The third-order valence-corrected chi connectivity index (χ3v) is 6.25. The molecule has 0 N–H and O–H groups in total. The Kier molecular flexibility index (Phi) is 4.31. The monoisotopic (exact) mass is 384 g/mol. The van der Waals surface area contributed by atoms with Gasteiger partial charge in [0.1, 0.15) is 11.6 Å². The van der Waals surface area contributed by atoms with Crippen LogP contribution in [-0.4, -0.2) is 16.9 Å². The first-order valence-corrected chi connectivity index (χ1v) is 10.1. The number of nitrogens with zero attached hydrogens (tertiary/aromatic N) is 2. The first-order valence-electron chi connectivity index (χ1n) is 9.77. The van der Waals surface area contributed by atoms with E-state index in [1.807, 2.05) is 30.3 Å². The van der Waals surface area contributed by atoms with E-state index in [0.29, 0.717) is 10.9 Å². The Balaban J connectivity index is 1.53. The van der Waals surface area contributed by atoms with Crippen LogP contribution in [0.3, 0.4) is 0 Å². The lowest BCUT2D eigenvalue weighted by atomic mass is 9.86. The Bertz CT molecular complexity index is 876. The molecule has 0 bridgehead atoms. The number of fused-ring (bicyclic) bond motifs is 3. The summed E-state index contributed by atoms with van der Waals surface area (Å²) in [5.74, 6) is 1.18. The van der Waals surface area contributed by atoms with E-state index >= 15 is 0 Å². The molecule has 0 aromatic heterocycles. The van der Waals surface area contributed by atoms with E-state index in [1.165, 1.54) is 44.2 Å². The van der Waals surface area contributed by atoms with Crippen molar-refractivity contribution in [3.63, 3.8) is 0 Å². The highest BCUT2D eigenvalue weighted by molar-refractivity contribution is 6.30. The van der Waals surface area contributed by atoms with Gasteiger partial charge in [0.15, 0.2) is 6.23 Å². The van der Waals surface area contributed by atoms with Crippen molar-refractivity contribution in [3.05, 3.63) is 64.4 Å². The molecule has 3 nitrogen and oxygen atoms in total. The van der Waals surface area contributed by atoms with E-state index in [-0.39, 0.29) is 18.1 Å². The van der Waals surface area contributed by atoms with Gasteiger partial charge in [0.2, 0.25) is 0 Å². The van der Waals surface area contributed by atoms with Gasteiger partial charge in [-0.3, -0.25) is 0 Å². The molecule has 1 aliphatic carbocycles. The first kappa shape index (κ1) is 17.1. The summed E-state index contributed by atoms with van der Waals surface area (Å²) in [5, 5.41) is 7.81. The van der Waals surface area contributed by atoms with Crippen LogP contribution in [0.25, 0.3) is 0 Å². The molecule has 1 saturated carbocycles. The van der Waals surface area contributed by atoms with Gasteiger partial charge in [-0.15, -0.1) is 0 Å². The van der Waals surface area contributed by atoms with E-state index in [4.69, 9.17) is 21.4 Å². The summed E-state index contributed by atoms with van der Waals surface area (Å²) in [4.78, 5) is 0. The van der Waals surface area contributed by atoms with Gasteiger partial charge in [0, 0.05) is 22.9 Å². The van der Waals surface area contributed by atoms with Gasteiger partial charge in [-0.2, -0.15) is 5.10 Å². The average Bonchev–Trinajstić information content (AvgIpc) is 3.14. The van der Waals surface area contributed by atoms with Gasteiger partial charge < -0.3 is 4.74 Å². The number of hydrogen-bond acceptors (Lipinski definition) is 3. The van der Waals surface area contributed by atoms with Gasteiger partial charge in [-0.05, 0) is 48.7 Å². The maximum absolute atomic E-state index is 13.3. The fraction of sp³-hybridized carbons (Fsp3) is 0.409. The van der Waals surface area contributed by atoms with Crippen molar-refractivity contribution >= 4 is 17.3 Å². The SMILES string of the molecule is Fc1ccc(C2=NN3[C@H](C2)c2cc(Cl)ccc2O[C@H]3C2CCCCC2)cc1. The van der Waals surface area contributed by atoms with Crippen molar-refractivity contribution in [1.29, 1.82) is 0 Å². The van der Waals surface area contributed by atoms with E-state index in [1.54, 1.807) is 0 Å². The minimum Gasteiger partial charge on any atom is -0.468 e. The molecule has 2 aromatic rings. The molecule has 5 heteroatoms. The van der Waals surface area contributed by atoms with E-state index in [9.17, 15) is 4.39 Å². The van der Waals surface area contributed by atoms with Gasteiger partial charge >= 0.3 is 0 Å². The normalized spacial score (nSPS) is 24.8. The standard InChI is InChI=1S/C22H22ClFN2O/c23-16-8-11-21-18(12-16)20-13-19(14-6-9-17(24)10-7-14)25-26(20)22(27-21)15-4-2-1-3-5-15/h6-12,15,20,22H,1-5,13H2/t20-,22+/m1/s1. The van der Waals surface area contributed by atoms with Crippen LogP contribution in [0.4, 0.5) is 4.39 Å². The summed E-state index contributed by atoms with van der Waals surface area (Å²) in [7, 11) is 0. The fourth-order valence-corrected chi connectivity index (χ4v) is 4.81. The van der Waals surface area contributed by atoms with Crippen molar-refractivity contribution in [2.45, 2.75) is 50.8 Å². The molecule has 3 aliphatic rings. The van der Waals surface area contributed by atoms with Crippen LogP contribution >= 0.6 is 11.6 Å². The van der Waals surface area contributed by atoms with Crippen molar-refractivity contribution in [2.24, 2.45) is 11.0 Å². The summed E-state index contributed by atoms with van der Waals surface area (Å²) < 4.78 is 19.8. The second-order valence-electron chi connectivity index (χ2n) is 7.74. The van der Waals surface area contributed by atoms with Crippen LogP contribution in [0, 0.1) is 11.7 Å². The third kappa shape index (κ3) is 3.10. The number of benzene rings is 2. The van der Waals surface area contributed by atoms with Crippen LogP contribution in [0.15, 0.2) is 47.6 Å². The van der Waals surface area contributed by atoms with Gasteiger partial charge in [0.25, 0.3) is 0 Å². The Morgan fingerprint density at radius 3 is 2.59 bits per heavy atom. The summed E-state index contributed by atoms with van der Waals surface area (Å²) in [6.45, 7) is 0. The lowest BCUT2D eigenvalue weighted by Crippen LogP contribution is -2.45. The maximum atomic E-state index is 13.3. The summed E-state index contributed by atoms with van der Waals surface area (Å²) in [6, 6.07) is 12.6. The van der Waals surface area contributed by atoms with Crippen molar-refractivity contribution in [1.82, 2.24) is 5.01 Å². The Labute approximate surface area is 163 Å². The second kappa shape index (κ2) is 6.83. The van der Waals surface area contributed by atoms with Crippen LogP contribution in [-0.2, 0) is 0 Å². The molecule has 2 aliphatic heterocycles.